The molecule has 1 amide bonds. The van der Waals surface area contributed by atoms with Gasteiger partial charge in [0.15, 0.2) is 0 Å². The second kappa shape index (κ2) is 7.32. The maximum absolute atomic E-state index is 11.5. The van der Waals surface area contributed by atoms with Gasteiger partial charge in [0, 0.05) is 5.02 Å². The molecule has 2 rings (SSSR count). The van der Waals surface area contributed by atoms with Crippen LogP contribution in [0.5, 0.6) is 0 Å². The van der Waals surface area contributed by atoms with Gasteiger partial charge in [-0.25, -0.2) is 4.99 Å². The molecule has 0 unspecified atom stereocenters. The van der Waals surface area contributed by atoms with Gasteiger partial charge in [-0.3, -0.25) is 16.3 Å². The fraction of sp³-hybridized carbons (Fsp3) is 0.308. The van der Waals surface area contributed by atoms with Gasteiger partial charge in [0.2, 0.25) is 0 Å². The van der Waals surface area contributed by atoms with E-state index in [1.807, 2.05) is 24.3 Å². The van der Waals surface area contributed by atoms with Crippen LogP contribution in [0.1, 0.15) is 17.9 Å². The Morgan fingerprint density at radius 3 is 2.09 bits per heavy atom. The minimum Gasteiger partial charge on any atom is -0.542 e. The van der Waals surface area contributed by atoms with Crippen molar-refractivity contribution in [2.45, 2.75) is 18.5 Å². The van der Waals surface area contributed by atoms with E-state index in [0.29, 0.717) is 5.02 Å². The lowest BCUT2D eigenvalue weighted by molar-refractivity contribution is -0.381. The minimum atomic E-state index is -5.19. The van der Waals surface area contributed by atoms with E-state index in [0.717, 1.165) is 12.0 Å². The molecule has 0 spiro atoms. The number of carboxylic acid groups (broad SMARTS) is 1. The second-order valence-corrected chi connectivity index (χ2v) is 5.17. The summed E-state index contributed by atoms with van der Waals surface area (Å²) < 4.78 is 31.5. The molecule has 126 valence electrons. The molecule has 1 aromatic rings. The fourth-order valence-corrected chi connectivity index (χ4v) is 1.92. The normalized spacial score (nSPS) is 19.1. The Hall–Kier alpha value is -2.29. The fourth-order valence-electron chi connectivity index (χ4n) is 1.80. The van der Waals surface area contributed by atoms with Gasteiger partial charge < -0.3 is 9.90 Å². The quantitative estimate of drug-likeness (QED) is 0.448. The molecule has 0 radical (unpaired) electrons. The van der Waals surface area contributed by atoms with Crippen LogP contribution in [0.15, 0.2) is 24.3 Å². The average Bonchev–Trinajstić information content (AvgIpc) is 3.18. The maximum atomic E-state index is 11.5. The van der Waals surface area contributed by atoms with Gasteiger partial charge in [0.25, 0.3) is 5.91 Å². The lowest BCUT2D eigenvalue weighted by Crippen LogP contribution is -2.82. The number of hydrogen-bond acceptors (Lipinski definition) is 3. The molecule has 1 aliphatic carbocycles. The lowest BCUT2D eigenvalue weighted by atomic mass is 10.1. The molecule has 5 N–H and O–H groups in total. The van der Waals surface area contributed by atoms with Gasteiger partial charge in [-0.2, -0.15) is 13.2 Å². The summed E-state index contributed by atoms with van der Waals surface area (Å²) in [6, 6.07) is 7.53. The van der Waals surface area contributed by atoms with Crippen LogP contribution < -0.4 is 21.6 Å². The number of rotatable bonds is 2. The first kappa shape index (κ1) is 18.8. The first-order valence-electron chi connectivity index (χ1n) is 6.24. The van der Waals surface area contributed by atoms with Gasteiger partial charge in [-0.05, 0) is 30.0 Å². The maximum Gasteiger partial charge on any atom is 0.430 e. The smallest absolute Gasteiger partial charge is 0.430 e. The number of guanidine groups is 1. The molecule has 1 fully saturated rings. The zero-order valence-electron chi connectivity index (χ0n) is 11.6. The summed E-state index contributed by atoms with van der Waals surface area (Å²) in [7, 11) is 0. The van der Waals surface area contributed by atoms with Crippen LogP contribution in [-0.2, 0) is 9.59 Å². The Kier molecular flexibility index (Phi) is 5.97. The molecular formula is C13H13ClF3N3O3. The van der Waals surface area contributed by atoms with Crippen LogP contribution in [0, 0.1) is 5.92 Å². The highest BCUT2D eigenvalue weighted by Gasteiger charge is 2.44. The van der Waals surface area contributed by atoms with E-state index in [9.17, 15) is 18.0 Å². The van der Waals surface area contributed by atoms with Gasteiger partial charge in [0.05, 0.1) is 5.92 Å². The van der Waals surface area contributed by atoms with Crippen LogP contribution in [0.4, 0.5) is 13.2 Å². The molecule has 0 heterocycles. The monoisotopic (exact) mass is 351 g/mol. The number of aliphatic carboxylic acids is 1. The van der Waals surface area contributed by atoms with Crippen molar-refractivity contribution in [3.05, 3.63) is 34.9 Å². The van der Waals surface area contributed by atoms with Crippen molar-refractivity contribution in [3.63, 3.8) is 0 Å². The zero-order chi connectivity index (χ0) is 17.8. The van der Waals surface area contributed by atoms with Crippen molar-refractivity contribution in [1.82, 2.24) is 0 Å². The summed E-state index contributed by atoms with van der Waals surface area (Å²) in [5, 5.41) is 9.48. The van der Waals surface area contributed by atoms with Crippen molar-refractivity contribution >= 4 is 29.4 Å². The Morgan fingerprint density at radius 1 is 1.22 bits per heavy atom. The zero-order valence-corrected chi connectivity index (χ0v) is 12.3. The predicted molar refractivity (Wildman–Crippen MR) is 72.7 cm³/mol. The van der Waals surface area contributed by atoms with Crippen LogP contribution in [0.2, 0.25) is 5.02 Å². The van der Waals surface area contributed by atoms with Crippen LogP contribution in [-0.4, -0.2) is 24.0 Å². The molecule has 0 saturated heterocycles. The van der Waals surface area contributed by atoms with Crippen LogP contribution in [0.3, 0.4) is 0 Å². The van der Waals surface area contributed by atoms with E-state index in [1.54, 1.807) is 0 Å². The number of hydrogen-bond donors (Lipinski definition) is 3. The van der Waals surface area contributed by atoms with Gasteiger partial charge >= 0.3 is 12.1 Å². The number of amides is 1. The van der Waals surface area contributed by atoms with E-state index in [4.69, 9.17) is 33.0 Å². The van der Waals surface area contributed by atoms with Crippen molar-refractivity contribution in [2.75, 3.05) is 0 Å². The van der Waals surface area contributed by atoms with E-state index in [1.165, 1.54) is 0 Å². The van der Waals surface area contributed by atoms with E-state index < -0.39 is 12.1 Å². The standard InChI is InChI=1S/C11H12ClN3O.C2HF3O2/c12-7-3-1-6(2-4-7)8-5-9(8)10(16)15-11(13)14;3-2(4,5)1(6)7/h1-4,8-9H,5H2,(H4,13,14,15,16);(H,6,7)/t8-,9+;/m1./s1. The third kappa shape index (κ3) is 6.15. The number of carboxylic acids is 1. The number of nitrogens with two attached hydrogens (primary N) is 2. The summed E-state index contributed by atoms with van der Waals surface area (Å²) in [6.07, 6.45) is -4.36. The SMILES string of the molecule is NC(N)=[NH+]C(=O)[C@H]1C[C@@H]1c1ccc(Cl)cc1.O=C([O-])C(F)(F)F. The van der Waals surface area contributed by atoms with Crippen molar-refractivity contribution < 1.29 is 32.9 Å². The highest BCUT2D eigenvalue weighted by molar-refractivity contribution is 6.30. The topological polar surface area (TPSA) is 123 Å². The third-order valence-corrected chi connectivity index (χ3v) is 3.18. The van der Waals surface area contributed by atoms with Crippen LogP contribution in [0.25, 0.3) is 0 Å². The molecule has 0 aromatic heterocycles. The predicted octanol–water partition coefficient (Wildman–Crippen LogP) is -1.38. The summed E-state index contributed by atoms with van der Waals surface area (Å²) >= 11 is 5.79. The Bertz CT molecular complexity index is 613. The second-order valence-electron chi connectivity index (χ2n) is 4.73. The number of nitrogens with one attached hydrogen (secondary N) is 1. The van der Waals surface area contributed by atoms with Crippen molar-refractivity contribution in [3.8, 4) is 0 Å². The molecule has 1 saturated carbocycles. The summed E-state index contributed by atoms with van der Waals surface area (Å²) in [6.45, 7) is 0. The third-order valence-electron chi connectivity index (χ3n) is 2.92. The molecule has 23 heavy (non-hydrogen) atoms. The molecule has 2 atom stereocenters. The molecule has 0 aliphatic heterocycles. The van der Waals surface area contributed by atoms with Gasteiger partial charge in [-0.15, -0.1) is 0 Å². The molecule has 1 aromatic carbocycles. The molecular weight excluding hydrogens is 339 g/mol. The molecule has 1 aliphatic rings. The Balaban J connectivity index is 0.000000322. The number of carbonyl (C=O) groups excluding carboxylic acids is 2. The average molecular weight is 352 g/mol. The molecule has 0 bridgehead atoms. The summed E-state index contributed by atoms with van der Waals surface area (Å²) in [4.78, 5) is 22.8. The number of benzene rings is 1. The van der Waals surface area contributed by atoms with Crippen molar-refractivity contribution in [1.29, 1.82) is 0 Å². The van der Waals surface area contributed by atoms with E-state index in [-0.39, 0.29) is 23.7 Å². The molecule has 10 heteroatoms. The van der Waals surface area contributed by atoms with Crippen LogP contribution >= 0.6 is 11.6 Å². The highest BCUT2D eigenvalue weighted by atomic mass is 35.5. The number of alkyl halides is 3. The first-order valence-corrected chi connectivity index (χ1v) is 6.62. The highest BCUT2D eigenvalue weighted by Crippen LogP contribution is 2.46. The largest absolute Gasteiger partial charge is 0.542 e. The first-order chi connectivity index (χ1) is 10.5. The van der Waals surface area contributed by atoms with Gasteiger partial charge in [0.1, 0.15) is 5.97 Å². The summed E-state index contributed by atoms with van der Waals surface area (Å²) in [5.74, 6) is -2.93. The molecule has 6 nitrogen and oxygen atoms in total. The van der Waals surface area contributed by atoms with Crippen molar-refractivity contribution in [2.24, 2.45) is 17.4 Å². The van der Waals surface area contributed by atoms with E-state index >= 15 is 0 Å². The summed E-state index contributed by atoms with van der Waals surface area (Å²) in [5.41, 5.74) is 11.5. The Morgan fingerprint density at radius 2 is 1.70 bits per heavy atom. The Labute approximate surface area is 133 Å². The minimum absolute atomic E-state index is 0.0247. The number of carbonyl (C=O) groups is 2. The van der Waals surface area contributed by atoms with Gasteiger partial charge in [-0.1, -0.05) is 23.7 Å². The van der Waals surface area contributed by atoms with E-state index in [2.05, 4.69) is 4.99 Å². The lowest BCUT2D eigenvalue weighted by Gasteiger charge is -2.03. The number of halogens is 4.